The second-order valence-corrected chi connectivity index (χ2v) is 7.14. The van der Waals surface area contributed by atoms with Gasteiger partial charge in [-0.15, -0.1) is 11.3 Å². The van der Waals surface area contributed by atoms with Crippen LogP contribution < -0.4 is 5.32 Å². The van der Waals surface area contributed by atoms with E-state index in [1.807, 2.05) is 42.5 Å². The molecule has 0 aliphatic carbocycles. The maximum absolute atomic E-state index is 4.49. The molecular weight excluding hydrogens is 344 g/mol. The normalized spacial score (nSPS) is 11.6. The lowest BCUT2D eigenvalue weighted by atomic mass is 10.2. The summed E-state index contributed by atoms with van der Waals surface area (Å²) in [7, 11) is 3.79. The highest BCUT2D eigenvalue weighted by atomic mass is 32.1. The lowest BCUT2D eigenvalue weighted by Crippen LogP contribution is -2.38. The molecule has 0 saturated heterocycles. The minimum Gasteiger partial charge on any atom is -0.350 e. The van der Waals surface area contributed by atoms with Crippen LogP contribution in [0, 0.1) is 0 Å². The Hall–Kier alpha value is -2.67. The van der Waals surface area contributed by atoms with E-state index in [0.29, 0.717) is 13.1 Å². The van der Waals surface area contributed by atoms with E-state index in [1.165, 1.54) is 4.88 Å². The fourth-order valence-corrected chi connectivity index (χ4v) is 3.44. The number of aryl methyl sites for hydroxylation is 1. The first-order valence-corrected chi connectivity index (χ1v) is 9.46. The number of aromatic nitrogens is 3. The van der Waals surface area contributed by atoms with E-state index in [0.717, 1.165) is 34.5 Å². The van der Waals surface area contributed by atoms with Gasteiger partial charge >= 0.3 is 0 Å². The van der Waals surface area contributed by atoms with Crippen LogP contribution in [0.15, 0.2) is 47.7 Å². The summed E-state index contributed by atoms with van der Waals surface area (Å²) in [5, 5.41) is 4.43. The number of hydrogen-bond donors (Lipinski definition) is 2. The topological polar surface area (TPSA) is 69.2 Å². The number of benzene rings is 1. The van der Waals surface area contributed by atoms with Crippen molar-refractivity contribution in [2.75, 3.05) is 14.1 Å². The molecule has 2 heterocycles. The number of aromatic amines is 1. The van der Waals surface area contributed by atoms with Gasteiger partial charge in [0.05, 0.1) is 25.0 Å². The van der Waals surface area contributed by atoms with Crippen LogP contribution in [0.5, 0.6) is 0 Å². The third-order valence-electron chi connectivity index (χ3n) is 4.02. The Kier molecular flexibility index (Phi) is 6.01. The Morgan fingerprint density at radius 1 is 1.23 bits per heavy atom. The standard InChI is InChI=1S/C19H24N6S/c1-4-15-10-22-18(26-15)12-23-19(20-2)25(3)13-17-21-11-16(24-17)14-8-6-5-7-9-14/h5-11H,4,12-13H2,1-3H3,(H,20,23)(H,21,24). The quantitative estimate of drug-likeness (QED) is 0.517. The van der Waals surface area contributed by atoms with Crippen molar-refractivity contribution in [3.05, 3.63) is 58.4 Å². The zero-order valence-electron chi connectivity index (χ0n) is 15.4. The van der Waals surface area contributed by atoms with Crippen LogP contribution in [0.25, 0.3) is 11.3 Å². The maximum atomic E-state index is 4.49. The second kappa shape index (κ2) is 8.62. The number of imidazole rings is 1. The molecule has 0 unspecified atom stereocenters. The molecule has 3 aromatic rings. The summed E-state index contributed by atoms with van der Waals surface area (Å²) in [4.78, 5) is 20.0. The molecule has 6 nitrogen and oxygen atoms in total. The predicted molar refractivity (Wildman–Crippen MR) is 107 cm³/mol. The van der Waals surface area contributed by atoms with Crippen LogP contribution >= 0.6 is 11.3 Å². The zero-order chi connectivity index (χ0) is 18.4. The summed E-state index contributed by atoms with van der Waals surface area (Å²) >= 11 is 1.74. The highest BCUT2D eigenvalue weighted by Crippen LogP contribution is 2.16. The molecule has 0 aliphatic heterocycles. The molecule has 1 aromatic carbocycles. The van der Waals surface area contributed by atoms with Gasteiger partial charge in [0.25, 0.3) is 0 Å². The lowest BCUT2D eigenvalue weighted by molar-refractivity contribution is 0.464. The molecule has 0 bridgehead atoms. The van der Waals surface area contributed by atoms with Crippen molar-refractivity contribution in [2.24, 2.45) is 4.99 Å². The largest absolute Gasteiger partial charge is 0.350 e. The van der Waals surface area contributed by atoms with Crippen LogP contribution in [0.3, 0.4) is 0 Å². The highest BCUT2D eigenvalue weighted by Gasteiger charge is 2.10. The molecule has 0 fully saturated rings. The van der Waals surface area contributed by atoms with E-state index in [9.17, 15) is 0 Å². The Balaban J connectivity index is 1.59. The van der Waals surface area contributed by atoms with E-state index < -0.39 is 0 Å². The van der Waals surface area contributed by atoms with Crippen LogP contribution in [0.2, 0.25) is 0 Å². The minimum atomic E-state index is 0.643. The fraction of sp³-hybridized carbons (Fsp3) is 0.316. The summed E-state index contributed by atoms with van der Waals surface area (Å²) in [6.45, 7) is 3.46. The van der Waals surface area contributed by atoms with E-state index in [1.54, 1.807) is 18.4 Å². The van der Waals surface area contributed by atoms with Gasteiger partial charge < -0.3 is 15.2 Å². The molecule has 0 atom stereocenters. The first kappa shape index (κ1) is 18.1. The Bertz CT molecular complexity index is 852. The van der Waals surface area contributed by atoms with Crippen LogP contribution in [-0.4, -0.2) is 39.9 Å². The average molecular weight is 369 g/mol. The number of aliphatic imine (C=N–C) groups is 1. The summed E-state index contributed by atoms with van der Waals surface area (Å²) < 4.78 is 0. The molecule has 0 saturated carbocycles. The molecule has 26 heavy (non-hydrogen) atoms. The van der Waals surface area contributed by atoms with Crippen molar-refractivity contribution in [2.45, 2.75) is 26.4 Å². The average Bonchev–Trinajstić information content (AvgIpc) is 3.32. The first-order valence-electron chi connectivity index (χ1n) is 8.64. The van der Waals surface area contributed by atoms with E-state index >= 15 is 0 Å². The van der Waals surface area contributed by atoms with Gasteiger partial charge in [0.1, 0.15) is 10.8 Å². The number of nitrogens with one attached hydrogen (secondary N) is 2. The van der Waals surface area contributed by atoms with Crippen molar-refractivity contribution in [3.8, 4) is 11.3 Å². The summed E-state index contributed by atoms with van der Waals surface area (Å²) in [6, 6.07) is 10.2. The van der Waals surface area contributed by atoms with Crippen molar-refractivity contribution >= 4 is 17.3 Å². The number of guanidine groups is 1. The Morgan fingerprint density at radius 2 is 2.04 bits per heavy atom. The van der Waals surface area contributed by atoms with Crippen LogP contribution in [0.1, 0.15) is 22.6 Å². The van der Waals surface area contributed by atoms with Gasteiger partial charge in [0, 0.05) is 25.2 Å². The molecule has 0 aliphatic rings. The fourth-order valence-electron chi connectivity index (χ4n) is 2.64. The third-order valence-corrected chi connectivity index (χ3v) is 5.16. The third kappa shape index (κ3) is 4.49. The second-order valence-electron chi connectivity index (χ2n) is 5.94. The molecule has 136 valence electrons. The smallest absolute Gasteiger partial charge is 0.194 e. The van der Waals surface area contributed by atoms with Crippen molar-refractivity contribution < 1.29 is 0 Å². The van der Waals surface area contributed by atoms with Crippen molar-refractivity contribution in [1.29, 1.82) is 0 Å². The number of hydrogen-bond acceptors (Lipinski definition) is 4. The monoisotopic (exact) mass is 368 g/mol. The summed E-state index contributed by atoms with van der Waals surface area (Å²) in [5.74, 6) is 1.72. The molecule has 0 spiro atoms. The van der Waals surface area contributed by atoms with Gasteiger partial charge in [-0.25, -0.2) is 9.97 Å². The molecule has 2 N–H and O–H groups in total. The maximum Gasteiger partial charge on any atom is 0.194 e. The van der Waals surface area contributed by atoms with Gasteiger partial charge in [-0.2, -0.15) is 0 Å². The molecule has 2 aromatic heterocycles. The van der Waals surface area contributed by atoms with Gasteiger partial charge in [0.2, 0.25) is 0 Å². The Labute approximate surface area is 158 Å². The van der Waals surface area contributed by atoms with Crippen LogP contribution in [0.4, 0.5) is 0 Å². The Morgan fingerprint density at radius 3 is 2.73 bits per heavy atom. The van der Waals surface area contributed by atoms with Gasteiger partial charge in [-0.05, 0) is 12.0 Å². The van der Waals surface area contributed by atoms with Gasteiger partial charge in [-0.3, -0.25) is 4.99 Å². The molecule has 7 heteroatoms. The predicted octanol–water partition coefficient (Wildman–Crippen LogP) is 3.30. The van der Waals surface area contributed by atoms with E-state index in [2.05, 4.69) is 44.3 Å². The number of thiazole rings is 1. The van der Waals surface area contributed by atoms with Crippen LogP contribution in [-0.2, 0) is 19.5 Å². The lowest BCUT2D eigenvalue weighted by Gasteiger charge is -2.20. The molecule has 0 radical (unpaired) electrons. The first-order chi connectivity index (χ1) is 12.7. The SMILES string of the molecule is CCc1cnc(CNC(=NC)N(C)Cc2ncc(-c3ccccc3)[nH]2)s1. The van der Waals surface area contributed by atoms with Crippen molar-refractivity contribution in [1.82, 2.24) is 25.2 Å². The number of rotatable bonds is 6. The number of nitrogens with zero attached hydrogens (tertiary/aromatic N) is 4. The highest BCUT2D eigenvalue weighted by molar-refractivity contribution is 7.11. The summed E-state index contributed by atoms with van der Waals surface area (Å²) in [5.41, 5.74) is 2.15. The van der Waals surface area contributed by atoms with Gasteiger partial charge in [0.15, 0.2) is 5.96 Å². The van der Waals surface area contributed by atoms with Gasteiger partial charge in [-0.1, -0.05) is 37.3 Å². The van der Waals surface area contributed by atoms with E-state index in [-0.39, 0.29) is 0 Å². The minimum absolute atomic E-state index is 0.643. The summed E-state index contributed by atoms with van der Waals surface area (Å²) in [6.07, 6.45) is 4.84. The molecule has 3 rings (SSSR count). The van der Waals surface area contributed by atoms with E-state index in [4.69, 9.17) is 0 Å². The molecular formula is C19H24N6S. The number of H-pyrrole nitrogens is 1. The van der Waals surface area contributed by atoms with Crippen molar-refractivity contribution in [3.63, 3.8) is 0 Å². The molecule has 0 amide bonds. The zero-order valence-corrected chi connectivity index (χ0v) is 16.2.